The molecule has 16 nitrogen and oxygen atoms in total. The van der Waals surface area contributed by atoms with Crippen LogP contribution in [-0.2, 0) is 35.9 Å². The zero-order valence-electron chi connectivity index (χ0n) is 33.8. The molecule has 2 saturated heterocycles. The van der Waals surface area contributed by atoms with E-state index in [-0.39, 0.29) is 58.4 Å². The SMILES string of the molecule is C=CCOC(=O)N1c2cc(OCCCC(=O)Nc3cc(C(=O)Nc4ccc5sc(S(C)(=O)=O)cc5c4)n(C)c3)c(OC)cc2C(=O)N2CCCC[C@H]2C1OC1CCCCO1. The van der Waals surface area contributed by atoms with Gasteiger partial charge >= 0.3 is 6.09 Å². The molecular formula is C42H49N5O11S2. The molecule has 7 rings (SSSR count). The molecule has 5 heterocycles. The van der Waals surface area contributed by atoms with Gasteiger partial charge in [-0.25, -0.2) is 18.1 Å². The number of methoxy groups -OCH3 is 1. The monoisotopic (exact) mass is 863 g/mol. The van der Waals surface area contributed by atoms with Crippen molar-refractivity contribution in [1.82, 2.24) is 9.47 Å². The van der Waals surface area contributed by atoms with Crippen molar-refractivity contribution in [1.29, 1.82) is 0 Å². The predicted molar refractivity (Wildman–Crippen MR) is 226 cm³/mol. The maximum atomic E-state index is 14.2. The van der Waals surface area contributed by atoms with Gasteiger partial charge in [-0.2, -0.15) is 0 Å². The lowest BCUT2D eigenvalue weighted by Crippen LogP contribution is -2.57. The van der Waals surface area contributed by atoms with Crippen molar-refractivity contribution in [2.75, 3.05) is 55.3 Å². The number of hydrogen-bond donors (Lipinski definition) is 2. The summed E-state index contributed by atoms with van der Waals surface area (Å²) in [7, 11) is -0.212. The van der Waals surface area contributed by atoms with Gasteiger partial charge in [0.15, 0.2) is 33.9 Å². The van der Waals surface area contributed by atoms with Gasteiger partial charge < -0.3 is 43.8 Å². The molecule has 2 fully saturated rings. The molecule has 0 saturated carbocycles. The number of carbonyl (C=O) groups is 4. The Morgan fingerprint density at radius 2 is 1.83 bits per heavy atom. The molecule has 60 heavy (non-hydrogen) atoms. The van der Waals surface area contributed by atoms with Crippen molar-refractivity contribution in [3.05, 3.63) is 72.6 Å². The van der Waals surface area contributed by atoms with E-state index in [4.69, 9.17) is 23.7 Å². The summed E-state index contributed by atoms with van der Waals surface area (Å²) >= 11 is 1.17. The first-order valence-corrected chi connectivity index (χ1v) is 22.6. The van der Waals surface area contributed by atoms with Crippen molar-refractivity contribution in [2.24, 2.45) is 7.05 Å². The molecule has 0 spiro atoms. The maximum absolute atomic E-state index is 14.2. The van der Waals surface area contributed by atoms with Crippen molar-refractivity contribution < 1.29 is 51.3 Å². The van der Waals surface area contributed by atoms with Crippen LogP contribution in [0.1, 0.15) is 72.2 Å². The fraction of sp³-hybridized carbons (Fsp3) is 0.429. The summed E-state index contributed by atoms with van der Waals surface area (Å²) in [4.78, 5) is 57.6. The summed E-state index contributed by atoms with van der Waals surface area (Å²) in [6, 6.07) is 11.0. The molecule has 18 heteroatoms. The number of anilines is 3. The molecule has 3 atom stereocenters. The number of ether oxygens (including phenoxy) is 5. The third kappa shape index (κ3) is 9.46. The lowest BCUT2D eigenvalue weighted by Gasteiger charge is -2.42. The number of benzene rings is 2. The predicted octanol–water partition coefficient (Wildman–Crippen LogP) is 6.71. The Bertz CT molecular complexity index is 2390. The van der Waals surface area contributed by atoms with Crippen LogP contribution in [0.3, 0.4) is 0 Å². The van der Waals surface area contributed by atoms with Crippen molar-refractivity contribution in [2.45, 2.75) is 74.1 Å². The van der Waals surface area contributed by atoms with Gasteiger partial charge in [-0.15, -0.1) is 11.3 Å². The van der Waals surface area contributed by atoms with Crippen LogP contribution in [-0.4, -0.2) is 100.0 Å². The molecule has 2 N–H and O–H groups in total. The molecule has 2 unspecified atom stereocenters. The standard InChI is InChI=1S/C42H49N5O11S2/c1-5-17-57-42(51)47-31-24-34(33(54-3)23-29(31)40(50)46-16-8-6-11-30(46)41(47)58-37-13-7-9-18-56-37)55-19-10-12-36(48)43-28-22-32(45(2)25-28)39(49)44-27-14-15-35-26(20-27)21-38(59-35)60(4,52)53/h5,14-15,20-25,30,37,41H,1,6-13,16-19H2,2-4H3,(H,43,48)(H,44,49)/t30-,37?,41?/m0/s1. The number of piperidine rings is 1. The van der Waals surface area contributed by atoms with E-state index in [1.54, 1.807) is 65.2 Å². The number of rotatable bonds is 14. The largest absolute Gasteiger partial charge is 0.493 e. The highest BCUT2D eigenvalue weighted by atomic mass is 32.2. The Labute approximate surface area is 352 Å². The normalized spacial score (nSPS) is 19.2. The van der Waals surface area contributed by atoms with Crippen LogP contribution in [0, 0.1) is 0 Å². The van der Waals surface area contributed by atoms with E-state index in [1.165, 1.54) is 29.4 Å². The van der Waals surface area contributed by atoms with E-state index in [1.807, 2.05) is 0 Å². The van der Waals surface area contributed by atoms with Crippen LogP contribution in [0.5, 0.6) is 11.5 Å². The molecule has 2 aromatic carbocycles. The first-order valence-electron chi connectivity index (χ1n) is 19.9. The summed E-state index contributed by atoms with van der Waals surface area (Å²) < 4.78 is 56.5. The minimum absolute atomic E-state index is 0.0532. The Balaban J connectivity index is 1.02. The molecule has 0 aliphatic carbocycles. The Morgan fingerprint density at radius 1 is 1.02 bits per heavy atom. The lowest BCUT2D eigenvalue weighted by molar-refractivity contribution is -0.198. The van der Waals surface area contributed by atoms with E-state index in [2.05, 4.69) is 17.2 Å². The number of nitrogens with zero attached hydrogens (tertiary/aromatic N) is 3. The Morgan fingerprint density at radius 3 is 2.58 bits per heavy atom. The topological polar surface area (TPSA) is 184 Å². The van der Waals surface area contributed by atoms with E-state index in [9.17, 15) is 27.6 Å². The van der Waals surface area contributed by atoms with Gasteiger partial charge in [0.1, 0.15) is 16.5 Å². The summed E-state index contributed by atoms with van der Waals surface area (Å²) in [6.45, 7) is 4.74. The maximum Gasteiger partial charge on any atom is 0.416 e. The summed E-state index contributed by atoms with van der Waals surface area (Å²) in [6.07, 6.45) is 7.19. The molecule has 2 aromatic heterocycles. The molecule has 0 radical (unpaired) electrons. The summed E-state index contributed by atoms with van der Waals surface area (Å²) in [5.41, 5.74) is 1.69. The van der Waals surface area contributed by atoms with Crippen LogP contribution in [0.2, 0.25) is 0 Å². The first kappa shape index (κ1) is 42.7. The molecule has 4 aromatic rings. The highest BCUT2D eigenvalue weighted by Crippen LogP contribution is 2.42. The van der Waals surface area contributed by atoms with Gasteiger partial charge in [0, 0.05) is 55.5 Å². The highest BCUT2D eigenvalue weighted by molar-refractivity contribution is 7.93. The van der Waals surface area contributed by atoms with E-state index < -0.39 is 40.4 Å². The highest BCUT2D eigenvalue weighted by Gasteiger charge is 2.47. The van der Waals surface area contributed by atoms with Crippen molar-refractivity contribution >= 4 is 72.1 Å². The number of aromatic nitrogens is 1. The van der Waals surface area contributed by atoms with Crippen LogP contribution < -0.4 is 25.0 Å². The number of aryl methyl sites for hydroxylation is 1. The number of thiophene rings is 1. The fourth-order valence-corrected chi connectivity index (χ4v) is 9.65. The van der Waals surface area contributed by atoms with E-state index in [0.29, 0.717) is 54.9 Å². The number of amides is 4. The number of sulfone groups is 1. The molecule has 320 valence electrons. The average molecular weight is 864 g/mol. The number of hydrogen-bond acceptors (Lipinski definition) is 12. The molecule has 3 aliphatic rings. The smallest absolute Gasteiger partial charge is 0.416 e. The van der Waals surface area contributed by atoms with Gasteiger partial charge in [0.05, 0.1) is 36.7 Å². The number of fused-ring (bicyclic) bond motifs is 3. The van der Waals surface area contributed by atoms with Crippen LogP contribution >= 0.6 is 11.3 Å². The van der Waals surface area contributed by atoms with E-state index >= 15 is 0 Å². The Kier molecular flexibility index (Phi) is 13.1. The molecule has 3 aliphatic heterocycles. The molecule has 0 bridgehead atoms. The second-order valence-electron chi connectivity index (χ2n) is 14.9. The second kappa shape index (κ2) is 18.5. The van der Waals surface area contributed by atoms with Crippen molar-refractivity contribution in [3.63, 3.8) is 0 Å². The van der Waals surface area contributed by atoms with E-state index in [0.717, 1.165) is 36.6 Å². The lowest BCUT2D eigenvalue weighted by atomic mass is 10.00. The third-order valence-corrected chi connectivity index (χ3v) is 13.5. The van der Waals surface area contributed by atoms with Gasteiger partial charge in [-0.05, 0) is 86.7 Å². The van der Waals surface area contributed by atoms with Gasteiger partial charge in [0.25, 0.3) is 11.8 Å². The fourth-order valence-electron chi connectivity index (χ4n) is 7.66. The van der Waals surface area contributed by atoms with Crippen molar-refractivity contribution in [3.8, 4) is 11.5 Å². The molecule has 4 amide bonds. The van der Waals surface area contributed by atoms with Crippen LogP contribution in [0.25, 0.3) is 10.1 Å². The zero-order valence-corrected chi connectivity index (χ0v) is 35.4. The minimum atomic E-state index is -3.36. The second-order valence-corrected chi connectivity index (χ2v) is 18.2. The zero-order chi connectivity index (χ0) is 42.6. The number of carbonyl (C=O) groups excluding carboxylic acids is 4. The first-order chi connectivity index (χ1) is 28.8. The van der Waals surface area contributed by atoms with Crippen LogP contribution in [0.15, 0.2) is 65.5 Å². The third-order valence-electron chi connectivity index (χ3n) is 10.6. The summed E-state index contributed by atoms with van der Waals surface area (Å²) in [5.74, 6) is -0.452. The quantitative estimate of drug-likeness (QED) is 0.102. The number of nitrogens with one attached hydrogen (secondary N) is 2. The van der Waals surface area contributed by atoms with Crippen LogP contribution in [0.4, 0.5) is 21.9 Å². The summed E-state index contributed by atoms with van der Waals surface area (Å²) in [5, 5.41) is 6.36. The average Bonchev–Trinajstić information content (AvgIpc) is 3.82. The molecular weight excluding hydrogens is 815 g/mol. The van der Waals surface area contributed by atoms with Gasteiger partial charge in [-0.3, -0.25) is 14.4 Å². The Hall–Kier alpha value is -5.43. The van der Waals surface area contributed by atoms with Gasteiger partial charge in [0.2, 0.25) is 5.91 Å². The van der Waals surface area contributed by atoms with Gasteiger partial charge in [-0.1, -0.05) is 12.7 Å². The minimum Gasteiger partial charge on any atom is -0.493 e.